The van der Waals surface area contributed by atoms with E-state index in [-0.39, 0.29) is 0 Å². The molecule has 0 saturated carbocycles. The molecule has 5 nitrogen and oxygen atoms in total. The lowest BCUT2D eigenvalue weighted by Crippen LogP contribution is -2.36. The van der Waals surface area contributed by atoms with Gasteiger partial charge in [-0.15, -0.1) is 0 Å². The van der Waals surface area contributed by atoms with Crippen LogP contribution >= 0.6 is 0 Å². The lowest BCUT2D eigenvalue weighted by molar-refractivity contribution is 0.423. The second-order valence-electron chi connectivity index (χ2n) is 3.15. The summed E-state index contributed by atoms with van der Waals surface area (Å²) in [7, 11) is -3.04. The van der Waals surface area contributed by atoms with Crippen molar-refractivity contribution >= 4 is 10.0 Å². The van der Waals surface area contributed by atoms with Crippen LogP contribution in [0.2, 0.25) is 0 Å². The first kappa shape index (κ1) is 13.8. The summed E-state index contributed by atoms with van der Waals surface area (Å²) in [6.45, 7) is 5.08. The molecule has 3 N–H and O–H groups in total. The minimum absolute atomic E-state index is 0.525. The minimum Gasteiger partial charge on any atom is -0.330 e. The van der Waals surface area contributed by atoms with Crippen LogP contribution in [-0.4, -0.2) is 51.7 Å². The lowest BCUT2D eigenvalue weighted by atomic mass is 10.4. The van der Waals surface area contributed by atoms with Crippen molar-refractivity contribution < 1.29 is 8.42 Å². The van der Waals surface area contributed by atoms with Gasteiger partial charge < -0.3 is 11.1 Å². The highest BCUT2D eigenvalue weighted by Crippen LogP contribution is 1.94. The third-order valence-corrected chi connectivity index (χ3v) is 3.30. The summed E-state index contributed by atoms with van der Waals surface area (Å²) >= 11 is 0. The van der Waals surface area contributed by atoms with E-state index in [0.717, 1.165) is 13.0 Å². The Kier molecular flexibility index (Phi) is 7.08. The van der Waals surface area contributed by atoms with Crippen LogP contribution in [0.4, 0.5) is 0 Å². The second-order valence-corrected chi connectivity index (χ2v) is 5.13. The zero-order valence-electron chi connectivity index (χ0n) is 8.99. The molecule has 0 aliphatic heterocycles. The summed E-state index contributed by atoms with van der Waals surface area (Å²) in [6.07, 6.45) is 2.15. The molecule has 0 aromatic rings. The van der Waals surface area contributed by atoms with Crippen LogP contribution < -0.4 is 11.1 Å². The maximum atomic E-state index is 11.2. The van der Waals surface area contributed by atoms with Crippen molar-refractivity contribution in [2.75, 3.05) is 39.0 Å². The Labute approximate surface area is 86.7 Å². The number of sulfonamides is 1. The van der Waals surface area contributed by atoms with Gasteiger partial charge in [-0.3, -0.25) is 0 Å². The SMILES string of the molecule is CCN(CCNCCCN)S(C)(=O)=O. The van der Waals surface area contributed by atoms with Gasteiger partial charge in [0.05, 0.1) is 6.26 Å². The fraction of sp³-hybridized carbons (Fsp3) is 1.00. The summed E-state index contributed by atoms with van der Waals surface area (Å²) < 4.78 is 23.8. The summed E-state index contributed by atoms with van der Waals surface area (Å²) in [5.41, 5.74) is 5.32. The molecule has 0 aromatic heterocycles. The second kappa shape index (κ2) is 7.17. The predicted octanol–water partition coefficient (Wildman–Crippen LogP) is -0.794. The van der Waals surface area contributed by atoms with Gasteiger partial charge in [-0.25, -0.2) is 12.7 Å². The highest BCUT2D eigenvalue weighted by molar-refractivity contribution is 7.88. The van der Waals surface area contributed by atoms with Gasteiger partial charge in [0.25, 0.3) is 0 Å². The first-order valence-corrected chi connectivity index (χ1v) is 6.73. The molecule has 14 heavy (non-hydrogen) atoms. The molecule has 0 bridgehead atoms. The van der Waals surface area contributed by atoms with Gasteiger partial charge in [0, 0.05) is 19.6 Å². The number of nitrogens with one attached hydrogen (secondary N) is 1. The third-order valence-electron chi connectivity index (χ3n) is 1.92. The maximum Gasteiger partial charge on any atom is 0.211 e. The first-order valence-electron chi connectivity index (χ1n) is 4.88. The predicted molar refractivity (Wildman–Crippen MR) is 58.6 cm³/mol. The summed E-state index contributed by atoms with van der Waals surface area (Å²) in [4.78, 5) is 0. The smallest absolute Gasteiger partial charge is 0.211 e. The molecule has 0 aliphatic carbocycles. The van der Waals surface area contributed by atoms with Gasteiger partial charge in [-0.2, -0.15) is 0 Å². The number of nitrogens with two attached hydrogens (primary N) is 1. The number of hydrogen-bond donors (Lipinski definition) is 2. The molecule has 0 unspecified atom stereocenters. The zero-order chi connectivity index (χ0) is 11.0. The Bertz CT molecular complexity index is 229. The lowest BCUT2D eigenvalue weighted by Gasteiger charge is -2.17. The van der Waals surface area contributed by atoms with Crippen molar-refractivity contribution in [1.82, 2.24) is 9.62 Å². The van der Waals surface area contributed by atoms with E-state index in [1.54, 1.807) is 0 Å². The molecule has 6 heteroatoms. The standard InChI is InChI=1S/C8H21N3O2S/c1-3-11(14(2,12)13)8-7-10-6-4-5-9/h10H,3-9H2,1-2H3. The van der Waals surface area contributed by atoms with Gasteiger partial charge >= 0.3 is 0 Å². The highest BCUT2D eigenvalue weighted by Gasteiger charge is 2.12. The molecule has 0 fully saturated rings. The largest absolute Gasteiger partial charge is 0.330 e. The molecule has 0 spiro atoms. The molecule has 0 atom stereocenters. The van der Waals surface area contributed by atoms with Crippen molar-refractivity contribution in [2.45, 2.75) is 13.3 Å². The van der Waals surface area contributed by atoms with Crippen LogP contribution in [0.3, 0.4) is 0 Å². The van der Waals surface area contributed by atoms with Crippen molar-refractivity contribution in [3.05, 3.63) is 0 Å². The van der Waals surface area contributed by atoms with E-state index in [1.807, 2.05) is 6.92 Å². The van der Waals surface area contributed by atoms with E-state index in [1.165, 1.54) is 10.6 Å². The van der Waals surface area contributed by atoms with Crippen LogP contribution in [0.5, 0.6) is 0 Å². The number of likely N-dealkylation sites (N-methyl/N-ethyl adjacent to an activating group) is 1. The molecule has 0 radical (unpaired) electrons. The number of rotatable bonds is 8. The maximum absolute atomic E-state index is 11.2. The molecule has 0 aliphatic rings. The van der Waals surface area contributed by atoms with Gasteiger partial charge in [-0.1, -0.05) is 6.92 Å². The molecular weight excluding hydrogens is 202 g/mol. The van der Waals surface area contributed by atoms with E-state index < -0.39 is 10.0 Å². The van der Waals surface area contributed by atoms with E-state index in [4.69, 9.17) is 5.73 Å². The normalized spacial score (nSPS) is 12.3. The average Bonchev–Trinajstić information content (AvgIpc) is 2.09. The molecular formula is C8H21N3O2S. The van der Waals surface area contributed by atoms with Crippen LogP contribution in [0, 0.1) is 0 Å². The first-order chi connectivity index (χ1) is 6.52. The Morgan fingerprint density at radius 1 is 1.36 bits per heavy atom. The van der Waals surface area contributed by atoms with Crippen molar-refractivity contribution in [1.29, 1.82) is 0 Å². The molecule has 86 valence electrons. The van der Waals surface area contributed by atoms with Gasteiger partial charge in [0.15, 0.2) is 0 Å². The van der Waals surface area contributed by atoms with Crippen LogP contribution in [0.25, 0.3) is 0 Å². The van der Waals surface area contributed by atoms with E-state index in [2.05, 4.69) is 5.32 Å². The number of hydrogen-bond acceptors (Lipinski definition) is 4. The van der Waals surface area contributed by atoms with Crippen LogP contribution in [0.1, 0.15) is 13.3 Å². The molecule has 0 heterocycles. The Morgan fingerprint density at radius 2 is 2.00 bits per heavy atom. The van der Waals surface area contributed by atoms with E-state index in [0.29, 0.717) is 26.2 Å². The summed E-state index contributed by atoms with van der Waals surface area (Å²) in [5.74, 6) is 0. The van der Waals surface area contributed by atoms with Crippen LogP contribution in [0.15, 0.2) is 0 Å². The van der Waals surface area contributed by atoms with Crippen LogP contribution in [-0.2, 0) is 10.0 Å². The molecule has 0 rings (SSSR count). The minimum atomic E-state index is -3.04. The zero-order valence-corrected chi connectivity index (χ0v) is 9.81. The fourth-order valence-electron chi connectivity index (χ4n) is 1.11. The summed E-state index contributed by atoms with van der Waals surface area (Å²) in [6, 6.07) is 0. The summed E-state index contributed by atoms with van der Waals surface area (Å²) in [5, 5.41) is 3.14. The molecule has 0 aromatic carbocycles. The topological polar surface area (TPSA) is 75.4 Å². The van der Waals surface area contributed by atoms with Gasteiger partial charge in [0.1, 0.15) is 0 Å². The van der Waals surface area contributed by atoms with E-state index >= 15 is 0 Å². The van der Waals surface area contributed by atoms with E-state index in [9.17, 15) is 8.42 Å². The van der Waals surface area contributed by atoms with Crippen molar-refractivity contribution in [3.8, 4) is 0 Å². The third kappa shape index (κ3) is 6.31. The van der Waals surface area contributed by atoms with Gasteiger partial charge in [-0.05, 0) is 19.5 Å². The Balaban J connectivity index is 3.65. The Morgan fingerprint density at radius 3 is 2.43 bits per heavy atom. The van der Waals surface area contributed by atoms with Gasteiger partial charge in [0.2, 0.25) is 10.0 Å². The monoisotopic (exact) mass is 223 g/mol. The molecule has 0 amide bonds. The van der Waals surface area contributed by atoms with Crippen molar-refractivity contribution in [2.24, 2.45) is 5.73 Å². The Hall–Kier alpha value is -0.170. The average molecular weight is 223 g/mol. The molecule has 0 saturated heterocycles. The number of nitrogens with zero attached hydrogens (tertiary/aromatic N) is 1. The fourth-order valence-corrected chi connectivity index (χ4v) is 2.01. The highest BCUT2D eigenvalue weighted by atomic mass is 32.2. The quantitative estimate of drug-likeness (QED) is 0.529. The van der Waals surface area contributed by atoms with Crippen molar-refractivity contribution in [3.63, 3.8) is 0 Å².